The fourth-order valence-electron chi connectivity index (χ4n) is 1.78. The summed E-state index contributed by atoms with van der Waals surface area (Å²) in [4.78, 5) is 12.0. The summed E-state index contributed by atoms with van der Waals surface area (Å²) in [5.74, 6) is -0.775. The molecule has 0 saturated carbocycles. The van der Waals surface area contributed by atoms with Crippen LogP contribution in [0.15, 0.2) is 22.7 Å². The molecule has 1 N–H and O–H groups in total. The molecule has 0 aromatic heterocycles. The zero-order chi connectivity index (χ0) is 16.3. The third-order valence-electron chi connectivity index (χ3n) is 2.74. The topological polar surface area (TPSA) is 38.3 Å². The van der Waals surface area contributed by atoms with E-state index in [0.717, 1.165) is 12.1 Å². The quantitative estimate of drug-likeness (QED) is 0.853. The van der Waals surface area contributed by atoms with Gasteiger partial charge in [0.15, 0.2) is 0 Å². The highest BCUT2D eigenvalue weighted by atomic mass is 79.9. The number of ether oxygens (including phenoxy) is 1. The van der Waals surface area contributed by atoms with Crippen molar-refractivity contribution in [1.82, 2.24) is 5.32 Å². The molecule has 0 aliphatic rings. The van der Waals surface area contributed by atoms with Crippen molar-refractivity contribution in [2.24, 2.45) is 0 Å². The molecule has 0 fully saturated rings. The van der Waals surface area contributed by atoms with Gasteiger partial charge in [-0.05, 0) is 39.0 Å². The number of hydrogen-bond donors (Lipinski definition) is 1. The van der Waals surface area contributed by atoms with E-state index in [1.165, 1.54) is 6.07 Å². The number of benzene rings is 1. The van der Waals surface area contributed by atoms with Crippen molar-refractivity contribution < 1.29 is 22.7 Å². The summed E-state index contributed by atoms with van der Waals surface area (Å²) >= 11 is 2.98. The second-order valence-electron chi connectivity index (χ2n) is 5.06. The molecule has 118 valence electrons. The molecule has 7 heteroatoms. The molecule has 0 atom stereocenters. The van der Waals surface area contributed by atoms with E-state index >= 15 is 0 Å². The molecule has 0 spiro atoms. The van der Waals surface area contributed by atoms with Gasteiger partial charge < -0.3 is 10.1 Å². The van der Waals surface area contributed by atoms with Gasteiger partial charge >= 0.3 is 6.18 Å². The highest BCUT2D eigenvalue weighted by molar-refractivity contribution is 9.10. The summed E-state index contributed by atoms with van der Waals surface area (Å²) in [7, 11) is 0. The summed E-state index contributed by atoms with van der Waals surface area (Å²) in [5, 5.41) is 2.48. The maximum absolute atomic E-state index is 13.0. The Kier molecular flexibility index (Phi) is 5.81. The molecule has 21 heavy (non-hydrogen) atoms. The van der Waals surface area contributed by atoms with Crippen molar-refractivity contribution >= 4 is 21.8 Å². The fourth-order valence-corrected chi connectivity index (χ4v) is 2.14. The average molecular weight is 368 g/mol. The van der Waals surface area contributed by atoms with Crippen molar-refractivity contribution in [3.8, 4) is 0 Å². The molecule has 0 heterocycles. The van der Waals surface area contributed by atoms with E-state index in [1.807, 2.05) is 0 Å². The molecule has 1 amide bonds. The number of hydrogen-bond acceptors (Lipinski definition) is 2. The lowest BCUT2D eigenvalue weighted by molar-refractivity contribution is -0.138. The third-order valence-corrected chi connectivity index (χ3v) is 3.23. The molecular weight excluding hydrogens is 351 g/mol. The van der Waals surface area contributed by atoms with Gasteiger partial charge in [0.25, 0.3) is 5.91 Å². The van der Waals surface area contributed by atoms with E-state index in [-0.39, 0.29) is 11.0 Å². The molecule has 0 saturated heterocycles. The Morgan fingerprint density at radius 2 is 1.95 bits per heavy atom. The molecule has 0 unspecified atom stereocenters. The van der Waals surface area contributed by atoms with Crippen LogP contribution in [0.5, 0.6) is 0 Å². The molecule has 3 nitrogen and oxygen atoms in total. The highest BCUT2D eigenvalue weighted by Gasteiger charge is 2.35. The van der Waals surface area contributed by atoms with Crippen LogP contribution >= 0.6 is 15.9 Å². The van der Waals surface area contributed by atoms with Crippen molar-refractivity contribution in [3.63, 3.8) is 0 Å². The number of carbonyl (C=O) groups is 1. The van der Waals surface area contributed by atoms with Gasteiger partial charge in [-0.3, -0.25) is 4.79 Å². The third kappa shape index (κ3) is 5.32. The zero-order valence-electron chi connectivity index (χ0n) is 12.0. The number of carbonyl (C=O) groups excluding carboxylic acids is 1. The van der Waals surface area contributed by atoms with Crippen LogP contribution in [0.25, 0.3) is 0 Å². The number of nitrogens with one attached hydrogen (secondary N) is 1. The Morgan fingerprint density at radius 3 is 2.48 bits per heavy atom. The normalized spacial score (nSPS) is 12.3. The second-order valence-corrected chi connectivity index (χ2v) is 5.98. The highest BCUT2D eigenvalue weighted by Crippen LogP contribution is 2.33. The Labute approximate surface area is 130 Å². The Hall–Kier alpha value is -1.08. The smallest absolute Gasteiger partial charge is 0.374 e. The van der Waals surface area contributed by atoms with Crippen LogP contribution in [0.3, 0.4) is 0 Å². The van der Waals surface area contributed by atoms with E-state index in [9.17, 15) is 18.0 Å². The van der Waals surface area contributed by atoms with E-state index in [4.69, 9.17) is 4.74 Å². The van der Waals surface area contributed by atoms with Crippen LogP contribution in [-0.4, -0.2) is 24.7 Å². The minimum atomic E-state index is -4.59. The van der Waals surface area contributed by atoms with Crippen molar-refractivity contribution in [3.05, 3.63) is 33.8 Å². The minimum Gasteiger partial charge on any atom is -0.374 e. The summed E-state index contributed by atoms with van der Waals surface area (Å²) < 4.78 is 44.5. The van der Waals surface area contributed by atoms with Gasteiger partial charge in [0.2, 0.25) is 0 Å². The first kappa shape index (κ1) is 18.0. The summed E-state index contributed by atoms with van der Waals surface area (Å²) in [6, 6.07) is 3.44. The molecule has 1 aromatic rings. The van der Waals surface area contributed by atoms with Gasteiger partial charge in [-0.15, -0.1) is 0 Å². The average Bonchev–Trinajstić information content (AvgIpc) is 2.35. The van der Waals surface area contributed by atoms with E-state index in [0.29, 0.717) is 6.61 Å². The lowest BCUT2D eigenvalue weighted by Gasteiger charge is -2.25. The van der Waals surface area contributed by atoms with Crippen molar-refractivity contribution in [2.45, 2.75) is 32.5 Å². The molecule has 0 radical (unpaired) electrons. The van der Waals surface area contributed by atoms with Crippen LogP contribution < -0.4 is 5.32 Å². The molecule has 1 aromatic carbocycles. The van der Waals surface area contributed by atoms with Gasteiger partial charge in [-0.1, -0.05) is 15.9 Å². The first-order valence-corrected chi connectivity index (χ1v) is 7.15. The second kappa shape index (κ2) is 6.79. The van der Waals surface area contributed by atoms with Crippen LogP contribution in [0, 0.1) is 0 Å². The van der Waals surface area contributed by atoms with Crippen LogP contribution in [-0.2, 0) is 10.9 Å². The predicted octanol–water partition coefficient (Wildman–Crippen LogP) is 4.01. The van der Waals surface area contributed by atoms with E-state index < -0.39 is 28.8 Å². The van der Waals surface area contributed by atoms with Gasteiger partial charge in [-0.2, -0.15) is 13.2 Å². The lowest BCUT2D eigenvalue weighted by atomic mass is 10.1. The summed E-state index contributed by atoms with van der Waals surface area (Å²) in [6.45, 7) is 5.88. The number of amides is 1. The first-order valence-electron chi connectivity index (χ1n) is 6.36. The van der Waals surface area contributed by atoms with Crippen LogP contribution in [0.2, 0.25) is 0 Å². The molecule has 0 aliphatic heterocycles. The zero-order valence-corrected chi connectivity index (χ0v) is 13.6. The van der Waals surface area contributed by atoms with Crippen molar-refractivity contribution in [1.29, 1.82) is 0 Å². The Morgan fingerprint density at radius 1 is 1.33 bits per heavy atom. The first-order chi connectivity index (χ1) is 9.57. The maximum atomic E-state index is 13.0. The predicted molar refractivity (Wildman–Crippen MR) is 77.2 cm³/mol. The van der Waals surface area contributed by atoms with Gasteiger partial charge in [0.1, 0.15) is 0 Å². The fraction of sp³-hybridized carbons (Fsp3) is 0.500. The Bertz CT molecular complexity index is 515. The molecular formula is C14H17BrF3NO2. The lowest BCUT2D eigenvalue weighted by Crippen LogP contribution is -2.41. The van der Waals surface area contributed by atoms with Gasteiger partial charge in [0.05, 0.1) is 16.7 Å². The SMILES string of the molecule is CCOC(C)(C)CNC(=O)c1ccc(Br)cc1C(F)(F)F. The van der Waals surface area contributed by atoms with Gasteiger partial charge in [-0.25, -0.2) is 0 Å². The maximum Gasteiger partial charge on any atom is 0.417 e. The van der Waals surface area contributed by atoms with Crippen LogP contribution in [0.4, 0.5) is 13.2 Å². The Balaban J connectivity index is 2.93. The van der Waals surface area contributed by atoms with Crippen molar-refractivity contribution in [2.75, 3.05) is 13.2 Å². The number of halogens is 4. The molecule has 1 rings (SSSR count). The van der Waals surface area contributed by atoms with E-state index in [1.54, 1.807) is 20.8 Å². The largest absolute Gasteiger partial charge is 0.417 e. The number of alkyl halides is 3. The summed E-state index contributed by atoms with van der Waals surface area (Å²) in [6.07, 6.45) is -4.59. The van der Waals surface area contributed by atoms with Gasteiger partial charge in [0, 0.05) is 17.6 Å². The minimum absolute atomic E-state index is 0.118. The molecule has 0 aliphatic carbocycles. The number of rotatable bonds is 5. The van der Waals surface area contributed by atoms with Crippen LogP contribution in [0.1, 0.15) is 36.7 Å². The monoisotopic (exact) mass is 367 g/mol. The standard InChI is InChI=1S/C14H17BrF3NO2/c1-4-21-13(2,3)8-19-12(20)10-6-5-9(15)7-11(10)14(16,17)18/h5-7H,4,8H2,1-3H3,(H,19,20). The summed E-state index contributed by atoms with van der Waals surface area (Å²) in [5.41, 5.74) is -2.01. The molecule has 0 bridgehead atoms. The van der Waals surface area contributed by atoms with E-state index in [2.05, 4.69) is 21.2 Å².